The number of rotatable bonds is 16. The summed E-state index contributed by atoms with van der Waals surface area (Å²) in [5, 5.41) is 5.86. The van der Waals surface area contributed by atoms with E-state index in [9.17, 15) is 14.4 Å². The molecule has 0 saturated heterocycles. The van der Waals surface area contributed by atoms with Gasteiger partial charge in [0.05, 0.1) is 0 Å². The molecule has 2 N–H and O–H groups in total. The number of ether oxygens (including phenoxy) is 1. The lowest BCUT2D eigenvalue weighted by Gasteiger charge is -2.36. The zero-order valence-electron chi connectivity index (χ0n) is 25.2. The van der Waals surface area contributed by atoms with Crippen LogP contribution in [-0.2, 0) is 14.3 Å². The van der Waals surface area contributed by atoms with E-state index in [1.165, 1.54) is 12.8 Å². The van der Waals surface area contributed by atoms with Crippen LogP contribution >= 0.6 is 0 Å². The van der Waals surface area contributed by atoms with Gasteiger partial charge in [-0.15, -0.1) is 0 Å². The van der Waals surface area contributed by atoms with Crippen molar-refractivity contribution in [2.24, 2.45) is 5.92 Å². The molecular weight excluding hydrogens is 478 g/mol. The number of amides is 3. The second-order valence-corrected chi connectivity index (χ2v) is 11.6. The first-order chi connectivity index (χ1) is 17.9. The van der Waals surface area contributed by atoms with E-state index >= 15 is 0 Å². The van der Waals surface area contributed by atoms with Crippen LogP contribution in [0.3, 0.4) is 0 Å². The predicted octanol–water partition coefficient (Wildman–Crippen LogP) is 6.69. The van der Waals surface area contributed by atoms with Crippen LogP contribution in [0.2, 0.25) is 0 Å². The highest BCUT2D eigenvalue weighted by Gasteiger charge is 2.37. The molecule has 0 aliphatic heterocycles. The molecule has 0 radical (unpaired) electrons. The maximum absolute atomic E-state index is 14.2. The zero-order valence-corrected chi connectivity index (χ0v) is 25.2. The zero-order chi connectivity index (χ0) is 28.7. The molecule has 0 fully saturated rings. The lowest BCUT2D eigenvalue weighted by Crippen LogP contribution is -2.55. The third-order valence-electron chi connectivity index (χ3n) is 6.51. The van der Waals surface area contributed by atoms with Crippen molar-refractivity contribution in [1.82, 2.24) is 15.5 Å². The van der Waals surface area contributed by atoms with Crippen molar-refractivity contribution in [2.45, 2.75) is 124 Å². The van der Waals surface area contributed by atoms with Crippen LogP contribution in [0.1, 0.15) is 117 Å². The first-order valence-corrected chi connectivity index (χ1v) is 14.6. The van der Waals surface area contributed by atoms with Crippen molar-refractivity contribution in [3.8, 4) is 0 Å². The van der Waals surface area contributed by atoms with Gasteiger partial charge in [-0.1, -0.05) is 90.5 Å². The Labute approximate surface area is 231 Å². The van der Waals surface area contributed by atoms with Crippen molar-refractivity contribution in [2.75, 3.05) is 13.1 Å². The van der Waals surface area contributed by atoms with Crippen molar-refractivity contribution < 1.29 is 19.1 Å². The summed E-state index contributed by atoms with van der Waals surface area (Å²) >= 11 is 0. The van der Waals surface area contributed by atoms with Gasteiger partial charge in [0.25, 0.3) is 0 Å². The summed E-state index contributed by atoms with van der Waals surface area (Å²) < 4.78 is 5.46. The molecule has 1 aromatic rings. The number of unbranched alkanes of at least 4 members (excludes halogenated alkanes) is 6. The van der Waals surface area contributed by atoms with E-state index in [-0.39, 0.29) is 17.7 Å². The quantitative estimate of drug-likeness (QED) is 0.233. The van der Waals surface area contributed by atoms with Crippen LogP contribution in [0.4, 0.5) is 4.79 Å². The topological polar surface area (TPSA) is 87.7 Å². The fourth-order valence-corrected chi connectivity index (χ4v) is 4.39. The van der Waals surface area contributed by atoms with Crippen LogP contribution in [0.25, 0.3) is 0 Å². The number of carbonyl (C=O) groups excluding carboxylic acids is 3. The van der Waals surface area contributed by atoms with Crippen molar-refractivity contribution in [1.29, 1.82) is 0 Å². The molecule has 2 unspecified atom stereocenters. The summed E-state index contributed by atoms with van der Waals surface area (Å²) in [5.74, 6) is -0.645. The summed E-state index contributed by atoms with van der Waals surface area (Å²) in [6, 6.07) is 6.13. The van der Waals surface area contributed by atoms with E-state index in [1.807, 2.05) is 45.0 Å². The number of hydrogen-bond donors (Lipinski definition) is 2. The Morgan fingerprint density at radius 2 is 1.53 bits per heavy atom. The Morgan fingerprint density at radius 1 is 0.921 bits per heavy atom. The minimum Gasteiger partial charge on any atom is -0.444 e. The van der Waals surface area contributed by atoms with Crippen LogP contribution in [-0.4, -0.2) is 47.5 Å². The highest BCUT2D eigenvalue weighted by atomic mass is 16.6. The molecule has 0 aliphatic carbocycles. The Hall–Kier alpha value is -2.57. The smallest absolute Gasteiger partial charge is 0.408 e. The molecule has 7 heteroatoms. The standard InChI is InChI=1S/C31H53N3O4/c1-9-11-13-14-15-18-22-34(29(36)26(23(3)4)33-30(37)38-31(6,7)8)27(28(35)32-21-12-10-2)25-20-17-16-19-24(25)5/h16-17,19-20,23,26-27H,9-15,18,21-22H2,1-8H3,(H,32,35)(H,33,37). The molecule has 0 bridgehead atoms. The molecule has 0 heterocycles. The lowest BCUT2D eigenvalue weighted by atomic mass is 9.95. The Bertz CT molecular complexity index is 863. The maximum atomic E-state index is 14.2. The molecule has 3 amide bonds. The number of carbonyl (C=O) groups is 3. The van der Waals surface area contributed by atoms with Gasteiger partial charge in [-0.3, -0.25) is 9.59 Å². The van der Waals surface area contributed by atoms with E-state index in [4.69, 9.17) is 4.74 Å². The Balaban J connectivity index is 3.38. The third-order valence-corrected chi connectivity index (χ3v) is 6.51. The van der Waals surface area contributed by atoms with Gasteiger partial charge >= 0.3 is 6.09 Å². The van der Waals surface area contributed by atoms with E-state index < -0.39 is 23.8 Å². The van der Waals surface area contributed by atoms with Gasteiger partial charge in [-0.25, -0.2) is 4.79 Å². The van der Waals surface area contributed by atoms with Gasteiger partial charge in [0.2, 0.25) is 11.8 Å². The van der Waals surface area contributed by atoms with E-state index in [0.29, 0.717) is 13.1 Å². The highest BCUT2D eigenvalue weighted by molar-refractivity contribution is 5.92. The SMILES string of the molecule is CCCCCCCCN(C(=O)C(NC(=O)OC(C)(C)C)C(C)C)C(C(=O)NCCCC)c1ccccc1C. The van der Waals surface area contributed by atoms with Crippen LogP contribution in [0.15, 0.2) is 24.3 Å². The van der Waals surface area contributed by atoms with Crippen LogP contribution in [0.5, 0.6) is 0 Å². The molecule has 0 spiro atoms. The van der Waals surface area contributed by atoms with Crippen molar-refractivity contribution in [3.63, 3.8) is 0 Å². The van der Waals surface area contributed by atoms with Gasteiger partial charge in [-0.2, -0.15) is 0 Å². The van der Waals surface area contributed by atoms with E-state index in [1.54, 1.807) is 25.7 Å². The third kappa shape index (κ3) is 11.9. The van der Waals surface area contributed by atoms with Gasteiger partial charge in [0.15, 0.2) is 0 Å². The molecule has 0 saturated carbocycles. The number of alkyl carbamates (subject to hydrolysis) is 1. The monoisotopic (exact) mass is 531 g/mol. The summed E-state index contributed by atoms with van der Waals surface area (Å²) in [6.07, 6.45) is 7.59. The number of hydrogen-bond acceptors (Lipinski definition) is 4. The van der Waals surface area contributed by atoms with Crippen LogP contribution in [0, 0.1) is 12.8 Å². The molecule has 1 aromatic carbocycles. The molecule has 38 heavy (non-hydrogen) atoms. The molecule has 0 aliphatic rings. The van der Waals surface area contributed by atoms with Gasteiger partial charge in [0, 0.05) is 13.1 Å². The van der Waals surface area contributed by atoms with E-state index in [2.05, 4.69) is 24.5 Å². The largest absolute Gasteiger partial charge is 0.444 e. The number of aryl methyl sites for hydroxylation is 1. The van der Waals surface area contributed by atoms with Gasteiger partial charge < -0.3 is 20.3 Å². The minimum atomic E-state index is -0.820. The number of nitrogens with zero attached hydrogens (tertiary/aromatic N) is 1. The summed E-state index contributed by atoms with van der Waals surface area (Å²) in [6.45, 7) is 16.4. The highest BCUT2D eigenvalue weighted by Crippen LogP contribution is 2.27. The van der Waals surface area contributed by atoms with Crippen LogP contribution < -0.4 is 10.6 Å². The molecule has 1 rings (SSSR count). The average molecular weight is 532 g/mol. The maximum Gasteiger partial charge on any atom is 0.408 e. The normalized spacial score (nSPS) is 13.1. The first-order valence-electron chi connectivity index (χ1n) is 14.6. The van der Waals surface area contributed by atoms with E-state index in [0.717, 1.165) is 49.7 Å². The van der Waals surface area contributed by atoms with Crippen molar-refractivity contribution >= 4 is 17.9 Å². The first kappa shape index (κ1) is 33.5. The minimum absolute atomic E-state index is 0.188. The Morgan fingerprint density at radius 3 is 2.11 bits per heavy atom. The lowest BCUT2D eigenvalue weighted by molar-refractivity contribution is -0.143. The second kappa shape index (κ2) is 17.1. The molecular formula is C31H53N3O4. The summed E-state index contributed by atoms with van der Waals surface area (Å²) in [7, 11) is 0. The fourth-order valence-electron chi connectivity index (χ4n) is 4.39. The molecule has 0 aromatic heterocycles. The van der Waals surface area contributed by atoms with Gasteiger partial charge in [0.1, 0.15) is 17.7 Å². The Kier molecular flexibility index (Phi) is 15.1. The summed E-state index contributed by atoms with van der Waals surface area (Å²) in [4.78, 5) is 42.2. The molecule has 216 valence electrons. The van der Waals surface area contributed by atoms with Gasteiger partial charge in [-0.05, 0) is 57.6 Å². The predicted molar refractivity (Wildman–Crippen MR) is 155 cm³/mol. The second-order valence-electron chi connectivity index (χ2n) is 11.6. The molecule has 2 atom stereocenters. The fraction of sp³-hybridized carbons (Fsp3) is 0.710. The molecule has 7 nitrogen and oxygen atoms in total. The van der Waals surface area contributed by atoms with Crippen molar-refractivity contribution in [3.05, 3.63) is 35.4 Å². The summed E-state index contributed by atoms with van der Waals surface area (Å²) in [5.41, 5.74) is 1.07. The number of nitrogens with one attached hydrogen (secondary N) is 2. The number of benzene rings is 1. The average Bonchev–Trinajstić information content (AvgIpc) is 2.83.